The van der Waals surface area contributed by atoms with Crippen LogP contribution in [0.15, 0.2) is 57.5 Å². The second kappa shape index (κ2) is 5.41. The lowest BCUT2D eigenvalue weighted by molar-refractivity contribution is 0.398. The van der Waals surface area contributed by atoms with Crippen molar-refractivity contribution in [1.29, 1.82) is 0 Å². The molecule has 0 unspecified atom stereocenters. The number of halogens is 2. The SMILES string of the molecule is COc1cc2c3c(c1)Oc1cc(Br)ccc1N3c1ccc(Br)cc1O2. The van der Waals surface area contributed by atoms with E-state index in [1.807, 2.05) is 48.5 Å². The largest absolute Gasteiger partial charge is 0.496 e. The molecule has 0 aliphatic carbocycles. The Morgan fingerprint density at radius 2 is 1.28 bits per heavy atom. The van der Waals surface area contributed by atoms with Crippen LogP contribution in [-0.4, -0.2) is 7.11 Å². The maximum absolute atomic E-state index is 6.15. The van der Waals surface area contributed by atoms with Crippen LogP contribution in [0.4, 0.5) is 17.1 Å². The van der Waals surface area contributed by atoms with Gasteiger partial charge in [0.2, 0.25) is 0 Å². The maximum Gasteiger partial charge on any atom is 0.159 e. The molecule has 0 spiro atoms. The summed E-state index contributed by atoms with van der Waals surface area (Å²) in [5.74, 6) is 3.64. The van der Waals surface area contributed by atoms with E-state index in [9.17, 15) is 0 Å². The Bertz CT molecular complexity index is 959. The molecule has 6 heteroatoms. The van der Waals surface area contributed by atoms with Crippen LogP contribution < -0.4 is 19.1 Å². The van der Waals surface area contributed by atoms with Crippen molar-refractivity contribution in [2.75, 3.05) is 12.0 Å². The van der Waals surface area contributed by atoms with Crippen molar-refractivity contribution >= 4 is 48.9 Å². The molecule has 3 aromatic carbocycles. The van der Waals surface area contributed by atoms with Crippen molar-refractivity contribution in [3.8, 4) is 28.7 Å². The fourth-order valence-electron chi connectivity index (χ4n) is 3.17. The van der Waals surface area contributed by atoms with Gasteiger partial charge in [0.15, 0.2) is 23.0 Å². The van der Waals surface area contributed by atoms with Gasteiger partial charge in [0.1, 0.15) is 11.4 Å². The summed E-state index contributed by atoms with van der Waals surface area (Å²) in [7, 11) is 1.63. The summed E-state index contributed by atoms with van der Waals surface area (Å²) < 4.78 is 19.6. The minimum Gasteiger partial charge on any atom is -0.496 e. The van der Waals surface area contributed by atoms with E-state index in [2.05, 4.69) is 36.8 Å². The number of ether oxygens (including phenoxy) is 3. The van der Waals surface area contributed by atoms with Crippen LogP contribution >= 0.6 is 31.9 Å². The van der Waals surface area contributed by atoms with E-state index in [1.54, 1.807) is 7.11 Å². The number of fused-ring (bicyclic) bond motifs is 4. The second-order valence-electron chi connectivity index (χ2n) is 5.74. The van der Waals surface area contributed by atoms with Crippen LogP contribution in [0, 0.1) is 0 Å². The third-order valence-electron chi connectivity index (χ3n) is 4.24. The highest BCUT2D eigenvalue weighted by Gasteiger charge is 2.35. The van der Waals surface area contributed by atoms with E-state index in [0.29, 0.717) is 17.2 Å². The number of rotatable bonds is 1. The van der Waals surface area contributed by atoms with Crippen molar-refractivity contribution in [2.24, 2.45) is 0 Å². The summed E-state index contributed by atoms with van der Waals surface area (Å²) in [6.07, 6.45) is 0. The Morgan fingerprint density at radius 3 is 1.76 bits per heavy atom. The molecule has 0 amide bonds. The Morgan fingerprint density at radius 1 is 0.760 bits per heavy atom. The van der Waals surface area contributed by atoms with E-state index in [0.717, 1.165) is 37.5 Å². The molecule has 0 saturated heterocycles. The molecule has 124 valence electrons. The molecule has 0 N–H and O–H groups in total. The zero-order valence-corrected chi connectivity index (χ0v) is 16.2. The highest BCUT2D eigenvalue weighted by molar-refractivity contribution is 9.10. The van der Waals surface area contributed by atoms with Gasteiger partial charge in [-0.3, -0.25) is 4.90 Å². The van der Waals surface area contributed by atoms with Crippen LogP contribution in [0.5, 0.6) is 28.7 Å². The summed E-state index contributed by atoms with van der Waals surface area (Å²) >= 11 is 7.03. The molecule has 4 nitrogen and oxygen atoms in total. The van der Waals surface area contributed by atoms with E-state index in [4.69, 9.17) is 14.2 Å². The predicted octanol–water partition coefficient (Wildman–Crippen LogP) is 6.90. The zero-order valence-electron chi connectivity index (χ0n) is 13.0. The lowest BCUT2D eigenvalue weighted by Crippen LogP contribution is -2.20. The first-order valence-corrected chi connectivity index (χ1v) is 9.19. The maximum atomic E-state index is 6.15. The summed E-state index contributed by atoms with van der Waals surface area (Å²) in [4.78, 5) is 2.17. The van der Waals surface area contributed by atoms with E-state index in [1.165, 1.54) is 0 Å². The highest BCUT2D eigenvalue weighted by atomic mass is 79.9. The molecule has 2 aliphatic heterocycles. The number of hydrogen-bond donors (Lipinski definition) is 0. The summed E-state index contributed by atoms with van der Waals surface area (Å²) in [5, 5.41) is 0. The van der Waals surface area contributed by atoms with Gasteiger partial charge in [0.05, 0.1) is 18.5 Å². The van der Waals surface area contributed by atoms with Crippen molar-refractivity contribution in [1.82, 2.24) is 0 Å². The number of hydrogen-bond acceptors (Lipinski definition) is 4. The van der Waals surface area contributed by atoms with Crippen LogP contribution in [0.3, 0.4) is 0 Å². The second-order valence-corrected chi connectivity index (χ2v) is 7.57. The first-order chi connectivity index (χ1) is 12.1. The molecule has 0 atom stereocenters. The van der Waals surface area contributed by atoms with Crippen molar-refractivity contribution < 1.29 is 14.2 Å². The third-order valence-corrected chi connectivity index (χ3v) is 5.22. The Hall–Kier alpha value is -2.18. The van der Waals surface area contributed by atoms with Crippen LogP contribution in [0.1, 0.15) is 0 Å². The van der Waals surface area contributed by atoms with E-state index in [-0.39, 0.29) is 0 Å². The molecule has 25 heavy (non-hydrogen) atoms. The molecule has 2 aliphatic rings. The van der Waals surface area contributed by atoms with Gasteiger partial charge in [0.25, 0.3) is 0 Å². The molecule has 0 saturated carbocycles. The highest BCUT2D eigenvalue weighted by Crippen LogP contribution is 2.60. The predicted molar refractivity (Wildman–Crippen MR) is 103 cm³/mol. The molecule has 3 aromatic rings. The van der Waals surface area contributed by atoms with Gasteiger partial charge < -0.3 is 14.2 Å². The summed E-state index contributed by atoms with van der Waals surface area (Å²) in [5.41, 5.74) is 2.81. The topological polar surface area (TPSA) is 30.9 Å². The van der Waals surface area contributed by atoms with Gasteiger partial charge in [-0.15, -0.1) is 0 Å². The first kappa shape index (κ1) is 15.1. The number of methoxy groups -OCH3 is 1. The lowest BCUT2D eigenvalue weighted by atomic mass is 10.1. The molecule has 2 heterocycles. The monoisotopic (exact) mass is 459 g/mol. The van der Waals surface area contributed by atoms with Crippen molar-refractivity contribution in [2.45, 2.75) is 0 Å². The van der Waals surface area contributed by atoms with Gasteiger partial charge in [-0.05, 0) is 36.4 Å². The minimum atomic E-state index is 0.686. The van der Waals surface area contributed by atoms with Gasteiger partial charge >= 0.3 is 0 Å². The van der Waals surface area contributed by atoms with Crippen LogP contribution in [-0.2, 0) is 0 Å². The van der Waals surface area contributed by atoms with Gasteiger partial charge in [-0.2, -0.15) is 0 Å². The quantitative estimate of drug-likeness (QED) is 0.272. The van der Waals surface area contributed by atoms with E-state index < -0.39 is 0 Å². The molecule has 0 fully saturated rings. The molecule has 0 aromatic heterocycles. The fraction of sp³-hybridized carbons (Fsp3) is 0.0526. The van der Waals surface area contributed by atoms with Gasteiger partial charge in [-0.1, -0.05) is 31.9 Å². The van der Waals surface area contributed by atoms with Gasteiger partial charge in [0, 0.05) is 21.1 Å². The molecular weight excluding hydrogens is 450 g/mol. The molecule has 0 radical (unpaired) electrons. The summed E-state index contributed by atoms with van der Waals surface area (Å²) in [6.45, 7) is 0. The average molecular weight is 461 g/mol. The molecule has 0 bridgehead atoms. The number of nitrogens with zero attached hydrogens (tertiary/aromatic N) is 1. The minimum absolute atomic E-state index is 0.686. The lowest BCUT2D eigenvalue weighted by Gasteiger charge is -2.38. The van der Waals surface area contributed by atoms with Gasteiger partial charge in [-0.25, -0.2) is 0 Å². The van der Waals surface area contributed by atoms with Crippen molar-refractivity contribution in [3.63, 3.8) is 0 Å². The van der Waals surface area contributed by atoms with E-state index >= 15 is 0 Å². The Labute approximate surface area is 161 Å². The number of anilines is 3. The first-order valence-electron chi connectivity index (χ1n) is 7.61. The number of benzene rings is 3. The third kappa shape index (κ3) is 2.24. The smallest absolute Gasteiger partial charge is 0.159 e. The summed E-state index contributed by atoms with van der Waals surface area (Å²) in [6, 6.07) is 15.8. The fourth-order valence-corrected chi connectivity index (χ4v) is 3.85. The Balaban J connectivity index is 1.83. The van der Waals surface area contributed by atoms with Crippen LogP contribution in [0.25, 0.3) is 0 Å². The Kier molecular flexibility index (Phi) is 3.27. The standard InChI is InChI=1S/C19H11Br2NO3/c1-23-12-8-17-19-18(9-12)25-16-7-11(21)3-5-14(16)22(19)13-4-2-10(20)6-15(13)24-17/h2-9H,1H3. The van der Waals surface area contributed by atoms with Crippen molar-refractivity contribution in [3.05, 3.63) is 57.5 Å². The molecule has 5 rings (SSSR count). The van der Waals surface area contributed by atoms with Crippen LogP contribution in [0.2, 0.25) is 0 Å². The average Bonchev–Trinajstić information content (AvgIpc) is 2.60. The zero-order chi connectivity index (χ0) is 17.1. The normalized spacial score (nSPS) is 13.2. The molecular formula is C19H11Br2NO3.